The average molecular weight is 597 g/mol. The maximum atomic E-state index is 13.3. The molecule has 40 heavy (non-hydrogen) atoms. The van der Waals surface area contributed by atoms with E-state index in [0.29, 0.717) is 56.2 Å². The lowest BCUT2D eigenvalue weighted by molar-refractivity contribution is -0.131. The van der Waals surface area contributed by atoms with E-state index in [2.05, 4.69) is 4.90 Å². The number of ether oxygens (including phenoxy) is 3. The van der Waals surface area contributed by atoms with Crippen molar-refractivity contribution in [3.8, 4) is 0 Å². The molecule has 2 amide bonds. The van der Waals surface area contributed by atoms with Gasteiger partial charge in [0.05, 0.1) is 55.5 Å². The van der Waals surface area contributed by atoms with Crippen molar-refractivity contribution in [3.63, 3.8) is 0 Å². The van der Waals surface area contributed by atoms with Gasteiger partial charge in [-0.1, -0.05) is 59.6 Å². The van der Waals surface area contributed by atoms with Crippen LogP contribution in [0.3, 0.4) is 0 Å². The Morgan fingerprint density at radius 1 is 1.02 bits per heavy atom. The van der Waals surface area contributed by atoms with E-state index in [1.54, 1.807) is 30.2 Å². The normalized spacial score (nSPS) is 16.1. The van der Waals surface area contributed by atoms with Gasteiger partial charge in [-0.3, -0.25) is 9.69 Å². The summed E-state index contributed by atoms with van der Waals surface area (Å²) in [5.74, 6) is -0.0431. The monoisotopic (exact) mass is 595 g/mol. The zero-order valence-electron chi connectivity index (χ0n) is 23.1. The minimum atomic E-state index is -0.958. The zero-order chi connectivity index (χ0) is 28.9. The Kier molecular flexibility index (Phi) is 13.5. The molecule has 0 saturated carbocycles. The molecule has 2 aromatic carbocycles. The van der Waals surface area contributed by atoms with E-state index in [0.717, 1.165) is 24.1 Å². The molecule has 0 aromatic heterocycles. The quantitative estimate of drug-likeness (QED) is 0.286. The van der Waals surface area contributed by atoms with Crippen LogP contribution in [0, 0.1) is 0 Å². The summed E-state index contributed by atoms with van der Waals surface area (Å²) in [6.45, 7) is 4.36. The number of nitrogens with zero attached hydrogens (tertiary/aromatic N) is 3. The predicted molar refractivity (Wildman–Crippen MR) is 155 cm³/mol. The van der Waals surface area contributed by atoms with Gasteiger partial charge >= 0.3 is 6.09 Å². The fourth-order valence-electron chi connectivity index (χ4n) is 4.79. The van der Waals surface area contributed by atoms with Gasteiger partial charge in [-0.25, -0.2) is 4.79 Å². The van der Waals surface area contributed by atoms with Gasteiger partial charge in [0.2, 0.25) is 5.91 Å². The van der Waals surface area contributed by atoms with Crippen molar-refractivity contribution in [1.82, 2.24) is 14.7 Å². The maximum absolute atomic E-state index is 13.3. The molecule has 1 fully saturated rings. The van der Waals surface area contributed by atoms with Crippen LogP contribution < -0.4 is 0 Å². The van der Waals surface area contributed by atoms with Gasteiger partial charge in [0.25, 0.3) is 0 Å². The van der Waals surface area contributed by atoms with E-state index < -0.39 is 6.09 Å². The number of halogens is 2. The van der Waals surface area contributed by atoms with E-state index in [9.17, 15) is 14.7 Å². The molecule has 0 radical (unpaired) electrons. The van der Waals surface area contributed by atoms with Crippen LogP contribution in [0.1, 0.15) is 23.6 Å². The first-order valence-corrected chi connectivity index (χ1v) is 14.2. The van der Waals surface area contributed by atoms with E-state index in [1.165, 1.54) is 4.90 Å². The highest BCUT2D eigenvalue weighted by atomic mass is 35.5. The number of carboxylic acid groups (broad SMARTS) is 1. The maximum Gasteiger partial charge on any atom is 0.407 e. The van der Waals surface area contributed by atoms with Crippen LogP contribution in [0.15, 0.2) is 48.5 Å². The average Bonchev–Trinajstić information content (AvgIpc) is 3.41. The summed E-state index contributed by atoms with van der Waals surface area (Å²) in [7, 11) is 3.43. The van der Waals surface area contributed by atoms with Gasteiger partial charge < -0.3 is 29.1 Å². The first kappa shape index (κ1) is 32.1. The molecule has 11 heteroatoms. The number of rotatable bonds is 16. The third-order valence-corrected chi connectivity index (χ3v) is 7.77. The zero-order valence-corrected chi connectivity index (χ0v) is 24.6. The minimum absolute atomic E-state index is 0.0431. The molecule has 1 saturated heterocycles. The smallest absolute Gasteiger partial charge is 0.407 e. The predicted octanol–water partition coefficient (Wildman–Crippen LogP) is 4.47. The van der Waals surface area contributed by atoms with Crippen molar-refractivity contribution in [2.75, 3.05) is 73.4 Å². The standard InChI is InChI=1S/C29H39Cl2N3O6/c1-32(28(35)19-22-8-9-25(30)26(31)18-22)27(23-6-4-3-5-7-23)21-33-11-10-24(20-33)34(29(36)37)12-13-39-16-17-40-15-14-38-2/h3-9,18,24,27H,10-17,19-21H2,1-2H3,(H,36,37)/t24-,27?/m0/s1. The Balaban J connectivity index is 1.58. The van der Waals surface area contributed by atoms with E-state index >= 15 is 0 Å². The number of methoxy groups -OCH3 is 1. The summed E-state index contributed by atoms with van der Waals surface area (Å²) in [5, 5.41) is 10.7. The van der Waals surface area contributed by atoms with Gasteiger partial charge in [-0.05, 0) is 29.7 Å². The first-order chi connectivity index (χ1) is 19.3. The van der Waals surface area contributed by atoms with Crippen LogP contribution in [0.5, 0.6) is 0 Å². The summed E-state index contributed by atoms with van der Waals surface area (Å²) < 4.78 is 15.9. The van der Waals surface area contributed by atoms with Crippen molar-refractivity contribution in [3.05, 3.63) is 69.7 Å². The summed E-state index contributed by atoms with van der Waals surface area (Å²) >= 11 is 12.2. The molecule has 1 aliphatic rings. The number of likely N-dealkylation sites (tertiary alicyclic amines) is 1. The number of benzene rings is 2. The molecule has 220 valence electrons. The van der Waals surface area contributed by atoms with Crippen LogP contribution in [-0.2, 0) is 25.4 Å². The van der Waals surface area contributed by atoms with Crippen LogP contribution in [0.4, 0.5) is 4.79 Å². The molecule has 2 aromatic rings. The molecule has 0 spiro atoms. The van der Waals surface area contributed by atoms with Gasteiger partial charge in [-0.15, -0.1) is 0 Å². The molecule has 1 N–H and O–H groups in total. The van der Waals surface area contributed by atoms with E-state index in [1.807, 2.05) is 37.4 Å². The first-order valence-electron chi connectivity index (χ1n) is 13.4. The summed E-state index contributed by atoms with van der Waals surface area (Å²) in [6.07, 6.45) is -0.0429. The van der Waals surface area contributed by atoms with Crippen molar-refractivity contribution >= 4 is 35.2 Å². The molecular formula is C29H39Cl2N3O6. The largest absolute Gasteiger partial charge is 0.465 e. The lowest BCUT2D eigenvalue weighted by Gasteiger charge is -2.33. The Morgan fingerprint density at radius 2 is 1.73 bits per heavy atom. The van der Waals surface area contributed by atoms with Crippen LogP contribution in [0.25, 0.3) is 0 Å². The molecule has 2 atom stereocenters. The highest BCUT2D eigenvalue weighted by Gasteiger charge is 2.33. The highest BCUT2D eigenvalue weighted by molar-refractivity contribution is 6.42. The van der Waals surface area contributed by atoms with Gasteiger partial charge in [0.1, 0.15) is 0 Å². The number of carbonyl (C=O) groups is 2. The lowest BCUT2D eigenvalue weighted by Crippen LogP contribution is -2.44. The number of hydrogen-bond donors (Lipinski definition) is 1. The van der Waals surface area contributed by atoms with Crippen molar-refractivity contribution < 1.29 is 28.9 Å². The second kappa shape index (κ2) is 16.8. The summed E-state index contributed by atoms with van der Waals surface area (Å²) in [6, 6.07) is 14.8. The summed E-state index contributed by atoms with van der Waals surface area (Å²) in [4.78, 5) is 30.8. The number of carbonyl (C=O) groups excluding carboxylic acids is 1. The second-order valence-corrected chi connectivity index (χ2v) is 10.6. The number of likely N-dealkylation sites (N-methyl/N-ethyl adjacent to an activating group) is 1. The second-order valence-electron chi connectivity index (χ2n) is 9.75. The molecule has 1 aliphatic heterocycles. The molecule has 9 nitrogen and oxygen atoms in total. The third-order valence-electron chi connectivity index (χ3n) is 7.03. The highest BCUT2D eigenvalue weighted by Crippen LogP contribution is 2.27. The topological polar surface area (TPSA) is 91.8 Å². The van der Waals surface area contributed by atoms with Crippen molar-refractivity contribution in [2.24, 2.45) is 0 Å². The number of hydrogen-bond acceptors (Lipinski definition) is 6. The van der Waals surface area contributed by atoms with E-state index in [4.69, 9.17) is 37.4 Å². The lowest BCUT2D eigenvalue weighted by atomic mass is 10.0. The molecule has 1 unspecified atom stereocenters. The van der Waals surface area contributed by atoms with Gasteiger partial charge in [-0.2, -0.15) is 0 Å². The molecule has 1 heterocycles. The third kappa shape index (κ3) is 9.90. The Hall–Kier alpha value is -2.40. The molecule has 3 rings (SSSR count). The van der Waals surface area contributed by atoms with Crippen molar-refractivity contribution in [1.29, 1.82) is 0 Å². The van der Waals surface area contributed by atoms with Gasteiger partial charge in [0, 0.05) is 46.4 Å². The van der Waals surface area contributed by atoms with Gasteiger partial charge in [0.15, 0.2) is 0 Å². The molecule has 0 aliphatic carbocycles. The SMILES string of the molecule is COCCOCCOCCN(C(=O)O)[C@H]1CCN(CC(c2ccccc2)N(C)C(=O)Cc2ccc(Cl)c(Cl)c2)C1. The van der Waals surface area contributed by atoms with Crippen molar-refractivity contribution in [2.45, 2.75) is 24.9 Å². The van der Waals surface area contributed by atoms with E-state index in [-0.39, 0.29) is 31.0 Å². The Bertz CT molecular complexity index is 1080. The minimum Gasteiger partial charge on any atom is -0.465 e. The van der Waals surface area contributed by atoms with Crippen LogP contribution in [0.2, 0.25) is 10.0 Å². The fraction of sp³-hybridized carbons (Fsp3) is 0.517. The number of amides is 2. The molecule has 0 bridgehead atoms. The fourth-order valence-corrected chi connectivity index (χ4v) is 5.11. The Morgan fingerprint density at radius 3 is 2.40 bits per heavy atom. The van der Waals surface area contributed by atoms with Crippen LogP contribution >= 0.6 is 23.2 Å². The Labute approximate surface area is 246 Å². The summed E-state index contributed by atoms with van der Waals surface area (Å²) in [5.41, 5.74) is 1.81. The molecular weight excluding hydrogens is 557 g/mol. The van der Waals surface area contributed by atoms with Crippen LogP contribution in [-0.4, -0.2) is 111 Å².